The smallest absolute Gasteiger partial charge is 0.315 e. The van der Waals surface area contributed by atoms with Crippen molar-refractivity contribution in [1.82, 2.24) is 20.4 Å². The van der Waals surface area contributed by atoms with Crippen LogP contribution in [-0.4, -0.2) is 61.0 Å². The summed E-state index contributed by atoms with van der Waals surface area (Å²) in [6, 6.07) is 10.3. The van der Waals surface area contributed by atoms with Crippen molar-refractivity contribution in [2.75, 3.05) is 33.2 Å². The van der Waals surface area contributed by atoms with Gasteiger partial charge in [0.2, 0.25) is 5.91 Å². The molecular formula is C19H30N4O2. The highest BCUT2D eigenvalue weighted by Crippen LogP contribution is 2.19. The number of hydrogen-bond donors (Lipinski definition) is 2. The molecule has 0 saturated carbocycles. The summed E-state index contributed by atoms with van der Waals surface area (Å²) in [5.74, 6) is 0.143. The largest absolute Gasteiger partial charge is 0.344 e. The van der Waals surface area contributed by atoms with Crippen molar-refractivity contribution < 1.29 is 9.59 Å². The molecule has 6 nitrogen and oxygen atoms in total. The van der Waals surface area contributed by atoms with Crippen molar-refractivity contribution in [2.45, 2.75) is 38.8 Å². The normalized spacial score (nSPS) is 19.0. The standard InChI is InChI=1S/C19H30N4O2/c1-4-23(5-2)17(15-9-7-6-8-10-15)13-20-19(25)21-16-11-12-18(24)22(3)14-16/h6-10,16-17H,4-5,11-14H2,1-3H3,(H2,20,21,25)/t16-,17-/m1/s1. The molecule has 1 saturated heterocycles. The molecule has 0 aliphatic carbocycles. The van der Waals surface area contributed by atoms with E-state index in [1.165, 1.54) is 5.56 Å². The van der Waals surface area contributed by atoms with Gasteiger partial charge >= 0.3 is 6.03 Å². The number of carbonyl (C=O) groups is 2. The number of benzene rings is 1. The van der Waals surface area contributed by atoms with Crippen molar-refractivity contribution in [3.63, 3.8) is 0 Å². The maximum atomic E-state index is 12.3. The van der Waals surface area contributed by atoms with E-state index in [4.69, 9.17) is 0 Å². The number of likely N-dealkylation sites (N-methyl/N-ethyl adjacent to an activating group) is 2. The zero-order valence-electron chi connectivity index (χ0n) is 15.5. The summed E-state index contributed by atoms with van der Waals surface area (Å²) in [6.07, 6.45) is 1.20. The first-order valence-electron chi connectivity index (χ1n) is 9.12. The topological polar surface area (TPSA) is 64.7 Å². The number of amides is 3. The second kappa shape index (κ2) is 9.42. The van der Waals surface area contributed by atoms with E-state index in [0.29, 0.717) is 25.9 Å². The fourth-order valence-electron chi connectivity index (χ4n) is 3.35. The summed E-state index contributed by atoms with van der Waals surface area (Å²) in [6.45, 7) is 7.25. The number of piperidine rings is 1. The lowest BCUT2D eigenvalue weighted by molar-refractivity contribution is -0.132. The van der Waals surface area contributed by atoms with E-state index in [0.717, 1.165) is 13.1 Å². The number of nitrogens with one attached hydrogen (secondary N) is 2. The lowest BCUT2D eigenvalue weighted by atomic mass is 10.0. The van der Waals surface area contributed by atoms with Crippen LogP contribution in [0.1, 0.15) is 38.3 Å². The number of nitrogens with zero attached hydrogens (tertiary/aromatic N) is 2. The summed E-state index contributed by atoms with van der Waals surface area (Å²) in [5, 5.41) is 6.00. The number of carbonyl (C=O) groups excluding carboxylic acids is 2. The molecule has 0 spiro atoms. The van der Waals surface area contributed by atoms with E-state index >= 15 is 0 Å². The minimum Gasteiger partial charge on any atom is -0.344 e. The van der Waals surface area contributed by atoms with Crippen LogP contribution >= 0.6 is 0 Å². The summed E-state index contributed by atoms with van der Waals surface area (Å²) in [7, 11) is 1.78. The molecule has 2 rings (SSSR count). The molecule has 2 atom stereocenters. The quantitative estimate of drug-likeness (QED) is 0.794. The Bertz CT molecular complexity index is 560. The molecule has 1 aromatic rings. The Morgan fingerprint density at radius 1 is 1.28 bits per heavy atom. The number of likely N-dealkylation sites (tertiary alicyclic amines) is 1. The lowest BCUT2D eigenvalue weighted by Crippen LogP contribution is -2.52. The first kappa shape index (κ1) is 19.2. The van der Waals surface area contributed by atoms with Crippen LogP contribution in [0.25, 0.3) is 0 Å². The van der Waals surface area contributed by atoms with Gasteiger partial charge in [-0.3, -0.25) is 9.69 Å². The predicted octanol–water partition coefficient (Wildman–Crippen LogP) is 1.99. The average molecular weight is 346 g/mol. The lowest BCUT2D eigenvalue weighted by Gasteiger charge is -2.32. The zero-order chi connectivity index (χ0) is 18.2. The Labute approximate surface area is 150 Å². The van der Waals surface area contributed by atoms with E-state index in [1.54, 1.807) is 11.9 Å². The number of hydrogen-bond acceptors (Lipinski definition) is 3. The molecule has 0 unspecified atom stereocenters. The van der Waals surface area contributed by atoms with Gasteiger partial charge in [-0.15, -0.1) is 0 Å². The maximum absolute atomic E-state index is 12.3. The van der Waals surface area contributed by atoms with Crippen molar-refractivity contribution in [1.29, 1.82) is 0 Å². The van der Waals surface area contributed by atoms with Crippen LogP contribution in [0.5, 0.6) is 0 Å². The number of urea groups is 1. The van der Waals surface area contributed by atoms with Gasteiger partial charge < -0.3 is 15.5 Å². The third-order valence-electron chi connectivity index (χ3n) is 4.86. The van der Waals surface area contributed by atoms with Crippen molar-refractivity contribution >= 4 is 11.9 Å². The summed E-state index contributed by atoms with van der Waals surface area (Å²) in [4.78, 5) is 27.8. The monoisotopic (exact) mass is 346 g/mol. The highest BCUT2D eigenvalue weighted by Gasteiger charge is 2.24. The van der Waals surface area contributed by atoms with Gasteiger partial charge in [-0.05, 0) is 25.1 Å². The Kier molecular flexibility index (Phi) is 7.25. The Morgan fingerprint density at radius 3 is 2.56 bits per heavy atom. The molecule has 0 bridgehead atoms. The van der Waals surface area contributed by atoms with Gasteiger partial charge in [0.15, 0.2) is 0 Å². The summed E-state index contributed by atoms with van der Waals surface area (Å²) in [5.41, 5.74) is 1.20. The van der Waals surface area contributed by atoms with Crippen molar-refractivity contribution in [3.05, 3.63) is 35.9 Å². The molecule has 3 amide bonds. The molecule has 138 valence electrons. The second-order valence-electron chi connectivity index (χ2n) is 6.51. The first-order chi connectivity index (χ1) is 12.0. The molecule has 0 radical (unpaired) electrons. The summed E-state index contributed by atoms with van der Waals surface area (Å²) < 4.78 is 0. The first-order valence-corrected chi connectivity index (χ1v) is 9.12. The third kappa shape index (κ3) is 5.46. The Balaban J connectivity index is 1.91. The maximum Gasteiger partial charge on any atom is 0.315 e. The zero-order valence-corrected chi connectivity index (χ0v) is 15.5. The molecule has 1 aliphatic heterocycles. The van der Waals surface area contributed by atoms with Crippen LogP contribution in [0.4, 0.5) is 4.79 Å². The molecule has 1 fully saturated rings. The van der Waals surface area contributed by atoms with E-state index in [1.807, 2.05) is 18.2 Å². The molecule has 1 aliphatic rings. The van der Waals surface area contributed by atoms with Gasteiger partial charge in [-0.2, -0.15) is 0 Å². The van der Waals surface area contributed by atoms with Crippen LogP contribution in [0.15, 0.2) is 30.3 Å². The molecule has 6 heteroatoms. The van der Waals surface area contributed by atoms with Gasteiger partial charge in [0, 0.05) is 32.6 Å². The van der Waals surface area contributed by atoms with Gasteiger partial charge in [-0.1, -0.05) is 44.2 Å². The van der Waals surface area contributed by atoms with Crippen LogP contribution in [0, 0.1) is 0 Å². The van der Waals surface area contributed by atoms with Crippen LogP contribution in [0.2, 0.25) is 0 Å². The molecular weight excluding hydrogens is 316 g/mol. The highest BCUT2D eigenvalue weighted by atomic mass is 16.2. The highest BCUT2D eigenvalue weighted by molar-refractivity contribution is 5.78. The van der Waals surface area contributed by atoms with Crippen LogP contribution in [0.3, 0.4) is 0 Å². The number of rotatable bonds is 7. The fourth-order valence-corrected chi connectivity index (χ4v) is 3.35. The van der Waals surface area contributed by atoms with Crippen LogP contribution < -0.4 is 10.6 Å². The van der Waals surface area contributed by atoms with Gasteiger partial charge in [0.05, 0.1) is 6.04 Å². The van der Waals surface area contributed by atoms with Gasteiger partial charge in [-0.25, -0.2) is 4.79 Å². The molecule has 25 heavy (non-hydrogen) atoms. The second-order valence-corrected chi connectivity index (χ2v) is 6.51. The molecule has 1 heterocycles. The Hall–Kier alpha value is -2.08. The van der Waals surface area contributed by atoms with E-state index in [2.05, 4.69) is 41.5 Å². The minimum absolute atomic E-state index is 0.0197. The molecule has 1 aromatic carbocycles. The van der Waals surface area contributed by atoms with E-state index < -0.39 is 0 Å². The van der Waals surface area contributed by atoms with Gasteiger partial charge in [0.1, 0.15) is 0 Å². The molecule has 0 aromatic heterocycles. The van der Waals surface area contributed by atoms with Crippen LogP contribution in [-0.2, 0) is 4.79 Å². The Morgan fingerprint density at radius 2 is 1.96 bits per heavy atom. The summed E-state index contributed by atoms with van der Waals surface area (Å²) >= 11 is 0. The third-order valence-corrected chi connectivity index (χ3v) is 4.86. The van der Waals surface area contributed by atoms with Gasteiger partial charge in [0.25, 0.3) is 0 Å². The van der Waals surface area contributed by atoms with E-state index in [-0.39, 0.29) is 24.0 Å². The predicted molar refractivity (Wildman–Crippen MR) is 99.3 cm³/mol. The van der Waals surface area contributed by atoms with E-state index in [9.17, 15) is 9.59 Å². The average Bonchev–Trinajstić information content (AvgIpc) is 2.62. The SMILES string of the molecule is CCN(CC)[C@H](CNC(=O)N[C@@H]1CCC(=O)N(C)C1)c1ccccc1. The fraction of sp³-hybridized carbons (Fsp3) is 0.579. The van der Waals surface area contributed by atoms with Crippen molar-refractivity contribution in [3.8, 4) is 0 Å². The van der Waals surface area contributed by atoms with Crippen molar-refractivity contribution in [2.24, 2.45) is 0 Å². The minimum atomic E-state index is -0.166. The molecule has 2 N–H and O–H groups in total.